The lowest BCUT2D eigenvalue weighted by Gasteiger charge is -2.19. The van der Waals surface area contributed by atoms with E-state index in [0.29, 0.717) is 24.4 Å². The molecule has 29 heavy (non-hydrogen) atoms. The van der Waals surface area contributed by atoms with Crippen LogP contribution in [0.3, 0.4) is 0 Å². The molecule has 1 N–H and O–H groups in total. The van der Waals surface area contributed by atoms with Crippen LogP contribution >= 0.6 is 0 Å². The number of nitrogens with zero attached hydrogens (tertiary/aromatic N) is 1. The number of hydrogen-bond acceptors (Lipinski definition) is 2. The van der Waals surface area contributed by atoms with Gasteiger partial charge in [-0.05, 0) is 29.9 Å². The van der Waals surface area contributed by atoms with E-state index in [-0.39, 0.29) is 30.8 Å². The van der Waals surface area contributed by atoms with E-state index in [1.807, 2.05) is 13.8 Å². The van der Waals surface area contributed by atoms with Crippen LogP contribution in [0.4, 0.5) is 13.2 Å². The number of hydrogen-bond donors (Lipinski definition) is 1. The summed E-state index contributed by atoms with van der Waals surface area (Å²) in [4.78, 5) is 27.0. The Bertz CT molecular complexity index is 716. The average Bonchev–Trinajstić information content (AvgIpc) is 3.06. The maximum absolute atomic E-state index is 13.2. The first-order valence-corrected chi connectivity index (χ1v) is 10.2. The van der Waals surface area contributed by atoms with E-state index in [9.17, 15) is 22.8 Å². The van der Waals surface area contributed by atoms with Crippen molar-refractivity contribution >= 4 is 11.8 Å². The van der Waals surface area contributed by atoms with Gasteiger partial charge in [0.05, 0.1) is 11.5 Å². The molecular weight excluding hydrogens is 381 g/mol. The SMILES string of the molecule is CC(C)CCNC(=O)[C@@H]1CN(C(=O)CC(C)C)C[C@H]1c1cccc(C(F)(F)F)c1. The van der Waals surface area contributed by atoms with E-state index < -0.39 is 23.6 Å². The lowest BCUT2D eigenvalue weighted by molar-refractivity contribution is -0.137. The number of likely N-dealkylation sites (tertiary alicyclic amines) is 1. The fourth-order valence-corrected chi connectivity index (χ4v) is 3.65. The minimum absolute atomic E-state index is 0.0607. The first kappa shape index (κ1) is 23.2. The summed E-state index contributed by atoms with van der Waals surface area (Å²) in [5.41, 5.74) is -0.287. The van der Waals surface area contributed by atoms with E-state index in [1.54, 1.807) is 11.0 Å². The zero-order valence-corrected chi connectivity index (χ0v) is 17.6. The Labute approximate surface area is 170 Å². The normalized spacial score (nSPS) is 19.8. The predicted molar refractivity (Wildman–Crippen MR) is 106 cm³/mol. The fourth-order valence-electron chi connectivity index (χ4n) is 3.65. The Balaban J connectivity index is 2.25. The maximum Gasteiger partial charge on any atom is 0.416 e. The van der Waals surface area contributed by atoms with Gasteiger partial charge in [-0.3, -0.25) is 9.59 Å². The van der Waals surface area contributed by atoms with Crippen molar-refractivity contribution in [1.82, 2.24) is 10.2 Å². The van der Waals surface area contributed by atoms with Crippen LogP contribution < -0.4 is 5.32 Å². The van der Waals surface area contributed by atoms with Crippen LogP contribution in [-0.4, -0.2) is 36.3 Å². The quantitative estimate of drug-likeness (QED) is 0.719. The highest BCUT2D eigenvalue weighted by atomic mass is 19.4. The number of nitrogens with one attached hydrogen (secondary N) is 1. The van der Waals surface area contributed by atoms with Gasteiger partial charge in [-0.2, -0.15) is 13.2 Å². The molecule has 1 aromatic carbocycles. The van der Waals surface area contributed by atoms with E-state index in [4.69, 9.17) is 0 Å². The predicted octanol–water partition coefficient (Wildman–Crippen LogP) is 4.46. The largest absolute Gasteiger partial charge is 0.416 e. The molecule has 1 heterocycles. The highest BCUT2D eigenvalue weighted by Crippen LogP contribution is 2.37. The number of alkyl halides is 3. The maximum atomic E-state index is 13.2. The topological polar surface area (TPSA) is 49.4 Å². The van der Waals surface area contributed by atoms with Crippen molar-refractivity contribution in [1.29, 1.82) is 0 Å². The number of carbonyl (C=O) groups excluding carboxylic acids is 2. The van der Waals surface area contributed by atoms with Crippen LogP contribution in [0.1, 0.15) is 57.6 Å². The van der Waals surface area contributed by atoms with Crippen LogP contribution in [0.15, 0.2) is 24.3 Å². The Hall–Kier alpha value is -2.05. The van der Waals surface area contributed by atoms with Crippen molar-refractivity contribution in [3.8, 4) is 0 Å². The second-order valence-corrected chi connectivity index (χ2v) is 8.71. The molecule has 1 aliphatic rings. The van der Waals surface area contributed by atoms with E-state index in [1.165, 1.54) is 6.07 Å². The molecule has 1 aliphatic heterocycles. The van der Waals surface area contributed by atoms with Gasteiger partial charge in [0, 0.05) is 32.0 Å². The molecule has 0 bridgehead atoms. The van der Waals surface area contributed by atoms with Crippen LogP contribution in [-0.2, 0) is 15.8 Å². The number of halogens is 3. The lowest BCUT2D eigenvalue weighted by atomic mass is 9.87. The van der Waals surface area contributed by atoms with Gasteiger partial charge >= 0.3 is 6.18 Å². The van der Waals surface area contributed by atoms with E-state index in [2.05, 4.69) is 19.2 Å². The van der Waals surface area contributed by atoms with Crippen molar-refractivity contribution in [3.05, 3.63) is 35.4 Å². The molecule has 0 aromatic heterocycles. The molecular formula is C22H31F3N2O2. The van der Waals surface area contributed by atoms with Crippen LogP contribution in [0.2, 0.25) is 0 Å². The third kappa shape index (κ3) is 6.47. The molecule has 0 saturated carbocycles. The lowest BCUT2D eigenvalue weighted by Crippen LogP contribution is -2.36. The van der Waals surface area contributed by atoms with Gasteiger partial charge in [0.15, 0.2) is 0 Å². The average molecular weight is 412 g/mol. The number of carbonyl (C=O) groups is 2. The van der Waals surface area contributed by atoms with Gasteiger partial charge in [0.25, 0.3) is 0 Å². The van der Waals surface area contributed by atoms with Gasteiger partial charge in [0.2, 0.25) is 11.8 Å². The first-order chi connectivity index (χ1) is 13.5. The molecule has 7 heteroatoms. The molecule has 162 valence electrons. The van der Waals surface area contributed by atoms with Crippen molar-refractivity contribution in [2.75, 3.05) is 19.6 Å². The van der Waals surface area contributed by atoms with Gasteiger partial charge in [-0.25, -0.2) is 0 Å². The third-order valence-corrected chi connectivity index (χ3v) is 5.26. The molecule has 1 saturated heterocycles. The Morgan fingerprint density at radius 1 is 1.14 bits per heavy atom. The Morgan fingerprint density at radius 2 is 1.83 bits per heavy atom. The number of amides is 2. The highest BCUT2D eigenvalue weighted by molar-refractivity contribution is 5.83. The monoisotopic (exact) mass is 412 g/mol. The minimum Gasteiger partial charge on any atom is -0.356 e. The van der Waals surface area contributed by atoms with Crippen molar-refractivity contribution in [2.24, 2.45) is 17.8 Å². The van der Waals surface area contributed by atoms with Crippen molar-refractivity contribution in [2.45, 2.75) is 52.6 Å². The molecule has 4 nitrogen and oxygen atoms in total. The van der Waals surface area contributed by atoms with Crippen LogP contribution in [0, 0.1) is 17.8 Å². The standard InChI is InChI=1S/C22H31F3N2O2/c1-14(2)8-9-26-21(29)19-13-27(20(28)10-15(3)4)12-18(19)16-6-5-7-17(11-16)22(23,24)25/h5-7,11,14-15,18-19H,8-10,12-13H2,1-4H3,(H,26,29)/t18-,19+/m0/s1. The fraction of sp³-hybridized carbons (Fsp3) is 0.636. The number of rotatable bonds is 7. The Morgan fingerprint density at radius 3 is 2.41 bits per heavy atom. The molecule has 1 aromatic rings. The summed E-state index contributed by atoms with van der Waals surface area (Å²) in [6.45, 7) is 9.00. The van der Waals surface area contributed by atoms with Gasteiger partial charge < -0.3 is 10.2 Å². The van der Waals surface area contributed by atoms with Crippen LogP contribution in [0.5, 0.6) is 0 Å². The molecule has 2 atom stereocenters. The molecule has 2 amide bonds. The van der Waals surface area contributed by atoms with Gasteiger partial charge in [-0.1, -0.05) is 45.9 Å². The molecule has 0 spiro atoms. The molecule has 1 fully saturated rings. The van der Waals surface area contributed by atoms with E-state index >= 15 is 0 Å². The molecule has 0 unspecified atom stereocenters. The summed E-state index contributed by atoms with van der Waals surface area (Å²) < 4.78 is 39.5. The summed E-state index contributed by atoms with van der Waals surface area (Å²) in [5.74, 6) is -0.660. The molecule has 0 radical (unpaired) electrons. The minimum atomic E-state index is -4.45. The van der Waals surface area contributed by atoms with Gasteiger partial charge in [-0.15, -0.1) is 0 Å². The van der Waals surface area contributed by atoms with Gasteiger partial charge in [0.1, 0.15) is 0 Å². The second kappa shape index (κ2) is 9.63. The summed E-state index contributed by atoms with van der Waals surface area (Å²) in [7, 11) is 0. The van der Waals surface area contributed by atoms with E-state index in [0.717, 1.165) is 18.6 Å². The summed E-state index contributed by atoms with van der Waals surface area (Å²) >= 11 is 0. The smallest absolute Gasteiger partial charge is 0.356 e. The summed E-state index contributed by atoms with van der Waals surface area (Å²) in [6.07, 6.45) is -3.27. The van der Waals surface area contributed by atoms with Crippen LogP contribution in [0.25, 0.3) is 0 Å². The first-order valence-electron chi connectivity index (χ1n) is 10.2. The second-order valence-electron chi connectivity index (χ2n) is 8.71. The Kier molecular flexibility index (Phi) is 7.72. The molecule has 2 rings (SSSR count). The van der Waals surface area contributed by atoms with Crippen molar-refractivity contribution in [3.63, 3.8) is 0 Å². The summed E-state index contributed by atoms with van der Waals surface area (Å²) in [5, 5.41) is 2.90. The highest BCUT2D eigenvalue weighted by Gasteiger charge is 2.41. The number of benzene rings is 1. The zero-order valence-electron chi connectivity index (χ0n) is 17.6. The zero-order chi connectivity index (χ0) is 21.8. The molecule has 0 aliphatic carbocycles. The summed E-state index contributed by atoms with van der Waals surface area (Å²) in [6, 6.07) is 5.11. The third-order valence-electron chi connectivity index (χ3n) is 5.26. The van der Waals surface area contributed by atoms with Crippen molar-refractivity contribution < 1.29 is 22.8 Å².